The van der Waals surface area contributed by atoms with E-state index in [9.17, 15) is 13.2 Å². The molecule has 0 aromatic heterocycles. The van der Waals surface area contributed by atoms with E-state index >= 15 is 0 Å². The van der Waals surface area contributed by atoms with Crippen molar-refractivity contribution in [3.63, 3.8) is 0 Å². The van der Waals surface area contributed by atoms with Gasteiger partial charge < -0.3 is 25.0 Å². The number of nitrogens with one attached hydrogen (secondary N) is 2. The summed E-state index contributed by atoms with van der Waals surface area (Å²) in [5.74, 6) is 0.299. The molecule has 26 heavy (non-hydrogen) atoms. The van der Waals surface area contributed by atoms with Crippen LogP contribution in [0.1, 0.15) is 12.5 Å². The summed E-state index contributed by atoms with van der Waals surface area (Å²) in [6.45, 7) is 5.53. The summed E-state index contributed by atoms with van der Waals surface area (Å²) in [7, 11) is 3.64. The van der Waals surface area contributed by atoms with Gasteiger partial charge in [0.2, 0.25) is 0 Å². The van der Waals surface area contributed by atoms with Crippen molar-refractivity contribution in [2.24, 2.45) is 4.99 Å². The van der Waals surface area contributed by atoms with Crippen LogP contribution in [-0.4, -0.2) is 64.2 Å². The minimum Gasteiger partial charge on any atom is -0.405 e. The fourth-order valence-corrected chi connectivity index (χ4v) is 2.09. The van der Waals surface area contributed by atoms with Crippen LogP contribution < -0.4 is 15.4 Å². The quantitative estimate of drug-likeness (QED) is 0.484. The van der Waals surface area contributed by atoms with Gasteiger partial charge in [0.1, 0.15) is 5.75 Å². The van der Waals surface area contributed by atoms with E-state index in [1.165, 1.54) is 12.1 Å². The number of alkyl halides is 3. The monoisotopic (exact) mass is 376 g/mol. The molecule has 0 amide bonds. The number of rotatable bonds is 10. The predicted molar refractivity (Wildman–Crippen MR) is 95.3 cm³/mol. The van der Waals surface area contributed by atoms with E-state index in [-0.39, 0.29) is 12.3 Å². The molecule has 6 nitrogen and oxygen atoms in total. The Morgan fingerprint density at radius 2 is 1.92 bits per heavy atom. The van der Waals surface area contributed by atoms with Gasteiger partial charge in [-0.25, -0.2) is 4.99 Å². The van der Waals surface area contributed by atoms with Crippen LogP contribution in [-0.2, 0) is 11.3 Å². The first kappa shape index (κ1) is 22.0. The summed E-state index contributed by atoms with van der Waals surface area (Å²) in [5, 5.41) is 6.23. The second-order valence-corrected chi connectivity index (χ2v) is 5.57. The molecule has 0 unspecified atom stereocenters. The summed E-state index contributed by atoms with van der Waals surface area (Å²) in [4.78, 5) is 6.44. The molecule has 2 N–H and O–H groups in total. The molecule has 0 spiro atoms. The SMILES string of the molecule is CCNC(=NCc1ccccc1OC(F)(F)F)NCCN(C)CCOC. The number of hydrogen-bond donors (Lipinski definition) is 2. The van der Waals surface area contributed by atoms with E-state index in [2.05, 4.69) is 25.3 Å². The molecule has 0 saturated heterocycles. The average molecular weight is 376 g/mol. The Balaban J connectivity index is 2.63. The number of hydrogen-bond acceptors (Lipinski definition) is 4. The zero-order valence-corrected chi connectivity index (χ0v) is 15.4. The van der Waals surface area contributed by atoms with Crippen LogP contribution in [0.2, 0.25) is 0 Å². The molecule has 1 aromatic rings. The van der Waals surface area contributed by atoms with Crippen molar-refractivity contribution in [2.75, 3.05) is 46.9 Å². The zero-order chi connectivity index (χ0) is 19.4. The van der Waals surface area contributed by atoms with Gasteiger partial charge in [0, 0.05) is 38.9 Å². The standard InChI is InChI=1S/C17H27F3N4O2/c1-4-21-16(22-9-10-24(2)11-12-25-3)23-13-14-7-5-6-8-15(14)26-17(18,19)20/h5-8H,4,9-13H2,1-3H3,(H2,21,22,23). The number of nitrogens with zero attached hydrogens (tertiary/aromatic N) is 2. The van der Waals surface area contributed by atoms with E-state index in [1.54, 1.807) is 19.2 Å². The molecule has 9 heteroatoms. The highest BCUT2D eigenvalue weighted by atomic mass is 19.4. The van der Waals surface area contributed by atoms with Crippen LogP contribution in [0.4, 0.5) is 13.2 Å². The fraction of sp³-hybridized carbons (Fsp3) is 0.588. The first-order valence-corrected chi connectivity index (χ1v) is 8.39. The van der Waals surface area contributed by atoms with Crippen molar-refractivity contribution in [1.82, 2.24) is 15.5 Å². The lowest BCUT2D eigenvalue weighted by molar-refractivity contribution is -0.274. The van der Waals surface area contributed by atoms with Gasteiger partial charge in [0.25, 0.3) is 0 Å². The summed E-state index contributed by atoms with van der Waals surface area (Å²) in [5.41, 5.74) is 0.360. The number of methoxy groups -OCH3 is 1. The fourth-order valence-electron chi connectivity index (χ4n) is 2.09. The normalized spacial score (nSPS) is 12.3. The molecule has 0 aliphatic heterocycles. The minimum atomic E-state index is -4.73. The maximum Gasteiger partial charge on any atom is 0.573 e. The van der Waals surface area contributed by atoms with Crippen molar-refractivity contribution in [3.8, 4) is 5.75 Å². The maximum absolute atomic E-state index is 12.5. The van der Waals surface area contributed by atoms with Crippen LogP contribution in [0.15, 0.2) is 29.3 Å². The molecule has 1 aromatic carbocycles. The Labute approximate surface area is 152 Å². The number of guanidine groups is 1. The van der Waals surface area contributed by atoms with Crippen molar-refractivity contribution < 1.29 is 22.6 Å². The van der Waals surface area contributed by atoms with Crippen molar-refractivity contribution in [1.29, 1.82) is 0 Å². The van der Waals surface area contributed by atoms with Gasteiger partial charge >= 0.3 is 6.36 Å². The van der Waals surface area contributed by atoms with Crippen LogP contribution in [0.5, 0.6) is 5.75 Å². The Kier molecular flexibility index (Phi) is 9.82. The molecular formula is C17H27F3N4O2. The van der Waals surface area contributed by atoms with E-state index < -0.39 is 6.36 Å². The molecule has 0 heterocycles. The van der Waals surface area contributed by atoms with Crippen LogP contribution in [0.25, 0.3) is 0 Å². The summed E-state index contributed by atoms with van der Waals surface area (Å²) >= 11 is 0. The Morgan fingerprint density at radius 3 is 2.58 bits per heavy atom. The largest absolute Gasteiger partial charge is 0.573 e. The van der Waals surface area contributed by atoms with Gasteiger partial charge in [0.05, 0.1) is 13.2 Å². The van der Waals surface area contributed by atoms with Gasteiger partial charge in [-0.3, -0.25) is 0 Å². The predicted octanol–water partition coefficient (Wildman–Crippen LogP) is 2.22. The summed E-state index contributed by atoms with van der Waals surface area (Å²) in [6.07, 6.45) is -4.73. The molecule has 148 valence electrons. The first-order valence-electron chi connectivity index (χ1n) is 8.39. The Morgan fingerprint density at radius 1 is 1.19 bits per heavy atom. The second-order valence-electron chi connectivity index (χ2n) is 5.57. The second kappa shape index (κ2) is 11.6. The van der Waals surface area contributed by atoms with Gasteiger partial charge in [-0.05, 0) is 20.0 Å². The third-order valence-corrected chi connectivity index (χ3v) is 3.41. The van der Waals surface area contributed by atoms with E-state index in [1.807, 2.05) is 14.0 Å². The average Bonchev–Trinajstić information content (AvgIpc) is 2.57. The molecule has 0 atom stereocenters. The zero-order valence-electron chi connectivity index (χ0n) is 15.4. The Bertz CT molecular complexity index is 553. The lowest BCUT2D eigenvalue weighted by atomic mass is 10.2. The molecular weight excluding hydrogens is 349 g/mol. The highest BCUT2D eigenvalue weighted by molar-refractivity contribution is 5.79. The van der Waals surface area contributed by atoms with E-state index in [0.717, 1.165) is 13.1 Å². The first-order chi connectivity index (χ1) is 12.4. The topological polar surface area (TPSA) is 58.1 Å². The number of halogens is 3. The van der Waals surface area contributed by atoms with Gasteiger partial charge in [-0.1, -0.05) is 18.2 Å². The molecule has 0 saturated carbocycles. The lowest BCUT2D eigenvalue weighted by Crippen LogP contribution is -2.41. The molecule has 0 aliphatic carbocycles. The third kappa shape index (κ3) is 9.47. The molecule has 0 aliphatic rings. The van der Waals surface area contributed by atoms with Crippen LogP contribution >= 0.6 is 0 Å². The maximum atomic E-state index is 12.5. The molecule has 0 fully saturated rings. The highest BCUT2D eigenvalue weighted by Gasteiger charge is 2.31. The molecule has 0 radical (unpaired) electrons. The van der Waals surface area contributed by atoms with E-state index in [0.29, 0.717) is 31.2 Å². The number of aliphatic imine (C=N–C) groups is 1. The summed E-state index contributed by atoms with van der Waals surface area (Å²) in [6, 6.07) is 5.99. The van der Waals surface area contributed by atoms with Gasteiger partial charge in [-0.15, -0.1) is 13.2 Å². The molecule has 1 rings (SSSR count). The number of likely N-dealkylation sites (N-methyl/N-ethyl adjacent to an activating group) is 1. The van der Waals surface area contributed by atoms with Crippen molar-refractivity contribution in [3.05, 3.63) is 29.8 Å². The van der Waals surface area contributed by atoms with Crippen molar-refractivity contribution >= 4 is 5.96 Å². The number of para-hydroxylation sites is 1. The van der Waals surface area contributed by atoms with Gasteiger partial charge in [-0.2, -0.15) is 0 Å². The molecule has 0 bridgehead atoms. The smallest absolute Gasteiger partial charge is 0.405 e. The number of benzene rings is 1. The van der Waals surface area contributed by atoms with Crippen LogP contribution in [0, 0.1) is 0 Å². The third-order valence-electron chi connectivity index (χ3n) is 3.41. The van der Waals surface area contributed by atoms with Crippen molar-refractivity contribution in [2.45, 2.75) is 19.8 Å². The van der Waals surface area contributed by atoms with Crippen LogP contribution in [0.3, 0.4) is 0 Å². The lowest BCUT2D eigenvalue weighted by Gasteiger charge is -2.18. The number of ether oxygens (including phenoxy) is 2. The Hall–Kier alpha value is -2.00. The van der Waals surface area contributed by atoms with Gasteiger partial charge in [0.15, 0.2) is 5.96 Å². The highest BCUT2D eigenvalue weighted by Crippen LogP contribution is 2.26. The van der Waals surface area contributed by atoms with E-state index in [4.69, 9.17) is 4.74 Å². The summed E-state index contributed by atoms with van der Waals surface area (Å²) < 4.78 is 46.5. The minimum absolute atomic E-state index is 0.0705.